The molecule has 0 bridgehead atoms. The Morgan fingerprint density at radius 2 is 1.76 bits per heavy atom. The molecule has 2 fully saturated rings. The molecule has 8 rings (SSSR count). The number of hydrogen-bond donors (Lipinski definition) is 2. The van der Waals surface area contributed by atoms with Gasteiger partial charge in [-0.1, -0.05) is 12.1 Å². The van der Waals surface area contributed by atoms with Gasteiger partial charge in [0.05, 0.1) is 28.6 Å². The van der Waals surface area contributed by atoms with Crippen molar-refractivity contribution in [3.8, 4) is 11.3 Å². The maximum absolute atomic E-state index is 15.1. The molecule has 0 aliphatic carbocycles. The Balaban J connectivity index is 0.846. The fraction of sp³-hybridized carbons (Fsp3) is 0.325. The van der Waals surface area contributed by atoms with E-state index in [0.717, 1.165) is 16.7 Å². The van der Waals surface area contributed by atoms with Crippen LogP contribution in [-0.2, 0) is 20.9 Å². The predicted molar refractivity (Wildman–Crippen MR) is 209 cm³/mol. The van der Waals surface area contributed by atoms with E-state index in [2.05, 4.69) is 35.5 Å². The highest BCUT2D eigenvalue weighted by Crippen LogP contribution is 2.35. The first kappa shape index (κ1) is 38.7. The van der Waals surface area contributed by atoms with Gasteiger partial charge in [0.1, 0.15) is 28.9 Å². The molecule has 2 aromatic carbocycles. The van der Waals surface area contributed by atoms with Crippen LogP contribution in [0, 0.1) is 18.6 Å². The van der Waals surface area contributed by atoms with Crippen LogP contribution in [0.2, 0.25) is 0 Å². The van der Waals surface area contributed by atoms with E-state index in [1.807, 2.05) is 24.5 Å². The molecule has 15 nitrogen and oxygen atoms in total. The molecule has 18 heteroatoms. The number of benzene rings is 2. The number of carbonyl (C=O) groups is 5. The van der Waals surface area contributed by atoms with Gasteiger partial charge < -0.3 is 14.8 Å². The van der Waals surface area contributed by atoms with Gasteiger partial charge in [-0.15, -0.1) is 11.8 Å². The lowest BCUT2D eigenvalue weighted by Gasteiger charge is -2.34. The van der Waals surface area contributed by atoms with Crippen molar-refractivity contribution in [2.24, 2.45) is 0 Å². The Morgan fingerprint density at radius 3 is 2.48 bits per heavy atom. The number of aromatic nitrogens is 5. The molecule has 1 atom stereocenters. The number of halogens is 2. The fourth-order valence-electron chi connectivity index (χ4n) is 7.64. The van der Waals surface area contributed by atoms with Gasteiger partial charge in [-0.05, 0) is 63.1 Å². The minimum Gasteiger partial charge on any atom is -0.339 e. The number of rotatable bonds is 10. The lowest BCUT2D eigenvalue weighted by atomic mass is 10.0. The molecule has 2 N–H and O–H groups in total. The summed E-state index contributed by atoms with van der Waals surface area (Å²) in [5.74, 6) is -2.46. The predicted octanol–water partition coefficient (Wildman–Crippen LogP) is 4.64. The summed E-state index contributed by atoms with van der Waals surface area (Å²) in [5.41, 5.74) is 2.23. The molecule has 3 aromatic heterocycles. The number of piperazine rings is 1. The smallest absolute Gasteiger partial charge is 0.263 e. The highest BCUT2D eigenvalue weighted by atomic mass is 32.2. The average Bonchev–Trinajstić information content (AvgIpc) is 3.68. The van der Waals surface area contributed by atoms with E-state index < -0.39 is 41.3 Å². The summed E-state index contributed by atoms with van der Waals surface area (Å²) in [6, 6.07) is 10.4. The van der Waals surface area contributed by atoms with Crippen molar-refractivity contribution in [2.75, 3.05) is 37.2 Å². The van der Waals surface area contributed by atoms with E-state index in [0.29, 0.717) is 54.8 Å². The third-order valence-electron chi connectivity index (χ3n) is 10.4. The molecule has 0 spiro atoms. The summed E-state index contributed by atoms with van der Waals surface area (Å²) >= 11 is 1.17. The number of nitrogens with zero attached hydrogens (tertiary/aromatic N) is 8. The second kappa shape index (κ2) is 15.7. The first-order chi connectivity index (χ1) is 27.9. The van der Waals surface area contributed by atoms with E-state index in [9.17, 15) is 24.0 Å². The molecule has 0 radical (unpaired) electrons. The maximum atomic E-state index is 15.1. The number of imide groups is 2. The minimum absolute atomic E-state index is 0.0156. The average molecular weight is 809 g/mol. The van der Waals surface area contributed by atoms with Crippen molar-refractivity contribution in [3.63, 3.8) is 0 Å². The van der Waals surface area contributed by atoms with Crippen molar-refractivity contribution in [2.45, 2.75) is 57.1 Å². The van der Waals surface area contributed by atoms with Crippen molar-refractivity contribution in [3.05, 3.63) is 89.0 Å². The van der Waals surface area contributed by atoms with Gasteiger partial charge in [-0.25, -0.2) is 28.7 Å². The number of imidazole rings is 1. The van der Waals surface area contributed by atoms with E-state index in [1.54, 1.807) is 42.3 Å². The number of carbonyl (C=O) groups excluding carboxylic acids is 5. The SMILES string of the molecule is Cc1nc2c(F)cc(-c3nc(Nc4ccc(CN5CCN(C(=O)CSc6cccc7c6C(=O)N(C6CCC(=O)NC6=O)C7=O)CC5)cn4)ncc3F)cc2n1C(C)C. The molecule has 6 heterocycles. The zero-order chi connectivity index (χ0) is 40.8. The number of hydrogen-bond acceptors (Lipinski definition) is 12. The molecule has 298 valence electrons. The summed E-state index contributed by atoms with van der Waals surface area (Å²) in [6.07, 6.45) is 2.84. The number of nitrogens with one attached hydrogen (secondary N) is 2. The lowest BCUT2D eigenvalue weighted by Crippen LogP contribution is -2.54. The van der Waals surface area contributed by atoms with Crippen LogP contribution in [0.15, 0.2) is 59.8 Å². The van der Waals surface area contributed by atoms with Crippen LogP contribution in [-0.4, -0.2) is 107 Å². The molecule has 5 amide bonds. The molecule has 3 aliphatic heterocycles. The van der Waals surface area contributed by atoms with Crippen LogP contribution < -0.4 is 10.6 Å². The molecule has 2 saturated heterocycles. The highest BCUT2D eigenvalue weighted by molar-refractivity contribution is 8.00. The molecular formula is C40H38F2N10O5S. The summed E-state index contributed by atoms with van der Waals surface area (Å²) in [5, 5.41) is 5.20. The van der Waals surface area contributed by atoms with Gasteiger partial charge in [0.15, 0.2) is 11.6 Å². The fourth-order valence-corrected chi connectivity index (χ4v) is 8.62. The van der Waals surface area contributed by atoms with Crippen LogP contribution >= 0.6 is 11.8 Å². The number of anilines is 2. The molecule has 5 aromatic rings. The Morgan fingerprint density at radius 1 is 0.966 bits per heavy atom. The quantitative estimate of drug-likeness (QED) is 0.148. The van der Waals surface area contributed by atoms with Crippen molar-refractivity contribution >= 4 is 64.1 Å². The second-order valence-corrected chi connectivity index (χ2v) is 15.6. The van der Waals surface area contributed by atoms with Crippen LogP contribution in [0.25, 0.3) is 22.3 Å². The van der Waals surface area contributed by atoms with E-state index >= 15 is 8.78 Å². The Kier molecular flexibility index (Phi) is 10.5. The van der Waals surface area contributed by atoms with Crippen molar-refractivity contribution in [1.82, 2.24) is 44.5 Å². The molecule has 58 heavy (non-hydrogen) atoms. The Hall–Kier alpha value is -6.14. The van der Waals surface area contributed by atoms with E-state index in [-0.39, 0.29) is 64.4 Å². The van der Waals surface area contributed by atoms with Gasteiger partial charge in [0.2, 0.25) is 23.7 Å². The summed E-state index contributed by atoms with van der Waals surface area (Å²) in [4.78, 5) is 86.5. The molecule has 0 saturated carbocycles. The molecular weight excluding hydrogens is 771 g/mol. The van der Waals surface area contributed by atoms with Crippen LogP contribution in [0.5, 0.6) is 0 Å². The first-order valence-corrected chi connectivity index (χ1v) is 19.7. The van der Waals surface area contributed by atoms with Gasteiger partial charge >= 0.3 is 0 Å². The van der Waals surface area contributed by atoms with E-state index in [1.165, 1.54) is 23.9 Å². The highest BCUT2D eigenvalue weighted by Gasteiger charge is 2.45. The number of aryl methyl sites for hydroxylation is 1. The van der Waals surface area contributed by atoms with E-state index in [4.69, 9.17) is 0 Å². The number of amides is 5. The number of piperidine rings is 1. The second-order valence-electron chi connectivity index (χ2n) is 14.6. The summed E-state index contributed by atoms with van der Waals surface area (Å²) < 4.78 is 32.0. The third kappa shape index (κ3) is 7.40. The van der Waals surface area contributed by atoms with Crippen LogP contribution in [0.4, 0.5) is 20.5 Å². The number of thioether (sulfide) groups is 1. The zero-order valence-electron chi connectivity index (χ0n) is 31.8. The maximum Gasteiger partial charge on any atom is 0.263 e. The van der Waals surface area contributed by atoms with Crippen molar-refractivity contribution in [1.29, 1.82) is 0 Å². The van der Waals surface area contributed by atoms with Gasteiger partial charge in [0.25, 0.3) is 11.8 Å². The van der Waals surface area contributed by atoms with Gasteiger partial charge in [-0.2, -0.15) is 0 Å². The number of fused-ring (bicyclic) bond motifs is 2. The topological polar surface area (TPSA) is 176 Å². The van der Waals surface area contributed by atoms with Crippen LogP contribution in [0.3, 0.4) is 0 Å². The monoisotopic (exact) mass is 808 g/mol. The standard InChI is InChI=1S/C40H38F2N10O5S/c1-21(2)51-22(3)45-36-26(41)15-24(16-29(36)51)35-27(42)18-44-40(48-35)46-31-9-7-23(17-43-31)19-49-11-13-50(14-12-49)33(54)20-58-30-6-4-5-25-34(30)39(57)52(38(25)56)28-8-10-32(53)47-37(28)55/h4-7,9,15-18,21,28H,8,10-14,19-20H2,1-3H3,(H,47,53,55)(H,43,44,46,48). The first-order valence-electron chi connectivity index (χ1n) is 18.8. The Bertz CT molecular complexity index is 2500. The van der Waals surface area contributed by atoms with Crippen LogP contribution in [0.1, 0.15) is 64.8 Å². The molecule has 1 unspecified atom stereocenters. The Labute approximate surface area is 335 Å². The third-order valence-corrected chi connectivity index (χ3v) is 11.5. The largest absolute Gasteiger partial charge is 0.339 e. The summed E-state index contributed by atoms with van der Waals surface area (Å²) in [7, 11) is 0. The molecule has 3 aliphatic rings. The summed E-state index contributed by atoms with van der Waals surface area (Å²) in [6.45, 7) is 8.58. The van der Waals surface area contributed by atoms with Gasteiger partial charge in [0, 0.05) is 61.8 Å². The minimum atomic E-state index is -1.07. The van der Waals surface area contributed by atoms with Crippen molar-refractivity contribution < 1.29 is 32.8 Å². The number of pyridine rings is 1. The normalized spacial score (nSPS) is 17.4. The van der Waals surface area contributed by atoms with Gasteiger partial charge in [-0.3, -0.25) is 39.1 Å². The lowest BCUT2D eigenvalue weighted by molar-refractivity contribution is -0.136. The zero-order valence-corrected chi connectivity index (χ0v) is 32.6.